The molecule has 0 aromatic carbocycles. The molecule has 2 aliphatic rings. The SMILES string of the molecule is CC1CCC(N(Cc2ccc(C(=O)N(C)C)[nH]2)CC2CCCO2)CC1. The Kier molecular flexibility index (Phi) is 6.18. The lowest BCUT2D eigenvalue weighted by Gasteiger charge is -2.37. The van der Waals surface area contributed by atoms with E-state index in [-0.39, 0.29) is 5.91 Å². The summed E-state index contributed by atoms with van der Waals surface area (Å²) in [5, 5.41) is 0. The van der Waals surface area contributed by atoms with E-state index in [1.807, 2.05) is 6.07 Å². The fourth-order valence-corrected chi connectivity index (χ4v) is 4.12. The number of hydrogen-bond acceptors (Lipinski definition) is 3. The zero-order valence-electron chi connectivity index (χ0n) is 16.0. The van der Waals surface area contributed by atoms with Gasteiger partial charge in [-0.1, -0.05) is 6.92 Å². The molecule has 1 aromatic rings. The Balaban J connectivity index is 1.67. The fraction of sp³-hybridized carbons (Fsp3) is 0.750. The van der Waals surface area contributed by atoms with E-state index in [0.717, 1.165) is 31.3 Å². The number of amides is 1. The van der Waals surface area contributed by atoms with E-state index >= 15 is 0 Å². The zero-order chi connectivity index (χ0) is 17.8. The van der Waals surface area contributed by atoms with Crippen molar-refractivity contribution in [2.45, 2.75) is 64.1 Å². The Bertz CT molecular complexity index is 555. The van der Waals surface area contributed by atoms with Crippen LogP contribution in [0.1, 0.15) is 61.6 Å². The lowest BCUT2D eigenvalue weighted by atomic mass is 9.86. The van der Waals surface area contributed by atoms with Gasteiger partial charge in [-0.25, -0.2) is 0 Å². The molecule has 140 valence electrons. The van der Waals surface area contributed by atoms with Crippen LogP contribution in [-0.4, -0.2) is 60.1 Å². The van der Waals surface area contributed by atoms with E-state index in [9.17, 15) is 4.79 Å². The van der Waals surface area contributed by atoms with E-state index in [1.165, 1.54) is 38.5 Å². The summed E-state index contributed by atoms with van der Waals surface area (Å²) < 4.78 is 5.90. The molecule has 3 rings (SSSR count). The molecule has 1 aliphatic heterocycles. The molecule has 2 fully saturated rings. The second-order valence-corrected chi connectivity index (χ2v) is 8.07. The number of aromatic nitrogens is 1. The summed E-state index contributed by atoms with van der Waals surface area (Å²) in [7, 11) is 3.57. The average Bonchev–Trinajstić information content (AvgIpc) is 3.26. The number of ether oxygens (including phenoxy) is 1. The molecule has 1 aliphatic carbocycles. The van der Waals surface area contributed by atoms with Crippen LogP contribution in [0.5, 0.6) is 0 Å². The van der Waals surface area contributed by atoms with Gasteiger partial charge in [0.05, 0.1) is 6.10 Å². The monoisotopic (exact) mass is 347 g/mol. The molecule has 1 saturated carbocycles. The van der Waals surface area contributed by atoms with Gasteiger partial charge in [-0.2, -0.15) is 0 Å². The molecule has 5 nitrogen and oxygen atoms in total. The van der Waals surface area contributed by atoms with Crippen molar-refractivity contribution in [2.75, 3.05) is 27.2 Å². The summed E-state index contributed by atoms with van der Waals surface area (Å²) in [6.45, 7) is 5.16. The number of H-pyrrole nitrogens is 1. The van der Waals surface area contributed by atoms with Gasteiger partial charge in [0.2, 0.25) is 0 Å². The molecule has 2 heterocycles. The van der Waals surface area contributed by atoms with E-state index in [2.05, 4.69) is 22.9 Å². The van der Waals surface area contributed by atoms with Gasteiger partial charge in [0.15, 0.2) is 0 Å². The topological polar surface area (TPSA) is 48.6 Å². The third-order valence-electron chi connectivity index (χ3n) is 5.72. The van der Waals surface area contributed by atoms with Crippen LogP contribution in [0.15, 0.2) is 12.1 Å². The largest absolute Gasteiger partial charge is 0.377 e. The number of nitrogens with one attached hydrogen (secondary N) is 1. The van der Waals surface area contributed by atoms with Crippen LogP contribution in [-0.2, 0) is 11.3 Å². The number of carbonyl (C=O) groups is 1. The predicted octanol–water partition coefficient (Wildman–Crippen LogP) is 3.28. The van der Waals surface area contributed by atoms with Gasteiger partial charge >= 0.3 is 0 Å². The van der Waals surface area contributed by atoms with Gasteiger partial charge in [-0.05, 0) is 56.6 Å². The minimum atomic E-state index is 0.0309. The molecule has 0 radical (unpaired) electrons. The highest BCUT2D eigenvalue weighted by Crippen LogP contribution is 2.29. The lowest BCUT2D eigenvalue weighted by molar-refractivity contribution is 0.0405. The van der Waals surface area contributed by atoms with E-state index in [0.29, 0.717) is 17.8 Å². The number of nitrogens with zero attached hydrogens (tertiary/aromatic N) is 2. The highest BCUT2D eigenvalue weighted by molar-refractivity contribution is 5.92. The maximum atomic E-state index is 12.1. The maximum absolute atomic E-state index is 12.1. The molecule has 1 atom stereocenters. The van der Waals surface area contributed by atoms with Crippen molar-refractivity contribution in [2.24, 2.45) is 5.92 Å². The summed E-state index contributed by atoms with van der Waals surface area (Å²) in [6.07, 6.45) is 7.93. The molecular weight excluding hydrogens is 314 g/mol. The Morgan fingerprint density at radius 1 is 1.20 bits per heavy atom. The Hall–Kier alpha value is -1.33. The van der Waals surface area contributed by atoms with Crippen molar-refractivity contribution in [3.8, 4) is 0 Å². The number of carbonyl (C=O) groups excluding carboxylic acids is 1. The molecular formula is C20H33N3O2. The third-order valence-corrected chi connectivity index (χ3v) is 5.72. The smallest absolute Gasteiger partial charge is 0.269 e. The van der Waals surface area contributed by atoms with Crippen LogP contribution in [0.4, 0.5) is 0 Å². The van der Waals surface area contributed by atoms with Crippen LogP contribution in [0, 0.1) is 5.92 Å². The van der Waals surface area contributed by atoms with Crippen molar-refractivity contribution >= 4 is 5.91 Å². The molecule has 1 amide bonds. The molecule has 1 aromatic heterocycles. The second kappa shape index (κ2) is 8.37. The highest BCUT2D eigenvalue weighted by Gasteiger charge is 2.28. The number of rotatable bonds is 6. The Labute approximate surface area is 151 Å². The molecule has 1 saturated heterocycles. The fourth-order valence-electron chi connectivity index (χ4n) is 4.12. The van der Waals surface area contributed by atoms with Crippen LogP contribution >= 0.6 is 0 Å². The quantitative estimate of drug-likeness (QED) is 0.859. The minimum absolute atomic E-state index is 0.0309. The third kappa shape index (κ3) is 4.85. The zero-order valence-corrected chi connectivity index (χ0v) is 16.0. The molecule has 5 heteroatoms. The van der Waals surface area contributed by atoms with Crippen molar-refractivity contribution < 1.29 is 9.53 Å². The summed E-state index contributed by atoms with van der Waals surface area (Å²) in [5.74, 6) is 0.888. The molecule has 0 spiro atoms. The van der Waals surface area contributed by atoms with Gasteiger partial charge < -0.3 is 14.6 Å². The first kappa shape index (κ1) is 18.5. The summed E-state index contributed by atoms with van der Waals surface area (Å²) in [6, 6.07) is 4.60. The average molecular weight is 348 g/mol. The lowest BCUT2D eigenvalue weighted by Crippen LogP contribution is -2.41. The Morgan fingerprint density at radius 2 is 1.96 bits per heavy atom. The second-order valence-electron chi connectivity index (χ2n) is 8.07. The van der Waals surface area contributed by atoms with Crippen LogP contribution in [0.2, 0.25) is 0 Å². The summed E-state index contributed by atoms with van der Waals surface area (Å²) >= 11 is 0. The van der Waals surface area contributed by atoms with Crippen molar-refractivity contribution in [1.29, 1.82) is 0 Å². The molecule has 0 bridgehead atoms. The molecule has 1 N–H and O–H groups in total. The predicted molar refractivity (Wildman–Crippen MR) is 99.6 cm³/mol. The van der Waals surface area contributed by atoms with Gasteiger partial charge in [0.1, 0.15) is 5.69 Å². The number of aromatic amines is 1. The van der Waals surface area contributed by atoms with Gasteiger partial charge in [0.25, 0.3) is 5.91 Å². The van der Waals surface area contributed by atoms with Crippen molar-refractivity contribution in [3.63, 3.8) is 0 Å². The standard InChI is InChI=1S/C20H33N3O2/c1-15-6-9-17(10-7-15)23(14-18-5-4-12-25-18)13-16-8-11-19(21-16)20(24)22(2)3/h8,11,15,17-18,21H,4-7,9-10,12-14H2,1-3H3. The van der Waals surface area contributed by atoms with Crippen molar-refractivity contribution in [3.05, 3.63) is 23.5 Å². The van der Waals surface area contributed by atoms with E-state index < -0.39 is 0 Å². The van der Waals surface area contributed by atoms with Crippen LogP contribution in [0.3, 0.4) is 0 Å². The van der Waals surface area contributed by atoms with Crippen LogP contribution in [0.25, 0.3) is 0 Å². The van der Waals surface area contributed by atoms with E-state index in [1.54, 1.807) is 19.0 Å². The maximum Gasteiger partial charge on any atom is 0.269 e. The minimum Gasteiger partial charge on any atom is -0.377 e. The summed E-state index contributed by atoms with van der Waals surface area (Å²) in [4.78, 5) is 19.7. The Morgan fingerprint density at radius 3 is 2.60 bits per heavy atom. The first-order valence-corrected chi connectivity index (χ1v) is 9.78. The van der Waals surface area contributed by atoms with Crippen molar-refractivity contribution in [1.82, 2.24) is 14.8 Å². The van der Waals surface area contributed by atoms with E-state index in [4.69, 9.17) is 4.74 Å². The first-order valence-electron chi connectivity index (χ1n) is 9.78. The number of hydrogen-bond donors (Lipinski definition) is 1. The van der Waals surface area contributed by atoms with Gasteiger partial charge in [-0.3, -0.25) is 9.69 Å². The normalized spacial score (nSPS) is 27.0. The highest BCUT2D eigenvalue weighted by atomic mass is 16.5. The van der Waals surface area contributed by atoms with Gasteiger partial charge in [0, 0.05) is 45.5 Å². The first-order chi connectivity index (χ1) is 12.0. The van der Waals surface area contributed by atoms with Crippen LogP contribution < -0.4 is 0 Å². The van der Waals surface area contributed by atoms with Gasteiger partial charge in [-0.15, -0.1) is 0 Å². The molecule has 25 heavy (non-hydrogen) atoms. The molecule has 1 unspecified atom stereocenters. The summed E-state index contributed by atoms with van der Waals surface area (Å²) in [5.41, 5.74) is 1.80.